The number of hydrogen-bond acceptors (Lipinski definition) is 6. The van der Waals surface area contributed by atoms with Crippen molar-refractivity contribution in [2.75, 3.05) is 0 Å². The van der Waals surface area contributed by atoms with E-state index in [1.807, 2.05) is 0 Å². The summed E-state index contributed by atoms with van der Waals surface area (Å²) in [5.41, 5.74) is 2.45. The molecule has 3 rings (SSSR count). The molecule has 3 aromatic carbocycles. The molecule has 0 aliphatic rings. The number of aryl methyl sites for hydroxylation is 3. The molecule has 0 amide bonds. The van der Waals surface area contributed by atoms with Gasteiger partial charge in [-0.3, -0.25) is 0 Å². The van der Waals surface area contributed by atoms with Gasteiger partial charge in [0.15, 0.2) is 0 Å². The molecule has 0 saturated heterocycles. The zero-order valence-corrected chi connectivity index (χ0v) is 22.1. The molecular formula is C23H29N3Na2O6S3. The van der Waals surface area contributed by atoms with E-state index in [1.165, 1.54) is 43.3 Å². The number of rotatable bonds is 9. The van der Waals surface area contributed by atoms with Crippen molar-refractivity contribution >= 4 is 89.2 Å². The first-order chi connectivity index (χ1) is 16.2. The number of sulfonamides is 3. The van der Waals surface area contributed by atoms with Crippen LogP contribution >= 0.6 is 0 Å². The molecule has 14 heteroatoms. The van der Waals surface area contributed by atoms with Gasteiger partial charge >= 0.3 is 59.1 Å². The van der Waals surface area contributed by atoms with Crippen LogP contribution in [0.4, 0.5) is 0 Å². The molecule has 0 radical (unpaired) electrons. The van der Waals surface area contributed by atoms with Gasteiger partial charge in [-0.25, -0.2) is 25.3 Å². The van der Waals surface area contributed by atoms with Crippen molar-refractivity contribution < 1.29 is 25.3 Å². The van der Waals surface area contributed by atoms with Gasteiger partial charge in [-0.2, -0.15) is 4.72 Å². The van der Waals surface area contributed by atoms with Crippen LogP contribution in [0.5, 0.6) is 0 Å². The average molecular weight is 586 g/mol. The van der Waals surface area contributed by atoms with Crippen molar-refractivity contribution in [3.63, 3.8) is 0 Å². The summed E-state index contributed by atoms with van der Waals surface area (Å²) in [6.45, 7) is 6.57. The molecule has 0 saturated carbocycles. The van der Waals surface area contributed by atoms with E-state index in [2.05, 4.69) is 9.55 Å². The van der Waals surface area contributed by atoms with Crippen molar-refractivity contribution in [1.29, 1.82) is 0 Å². The molecule has 3 aromatic rings. The molecule has 0 fully saturated rings. The summed E-state index contributed by atoms with van der Waals surface area (Å²) >= 11 is 0. The van der Waals surface area contributed by atoms with E-state index in [-0.39, 0.29) is 73.8 Å². The summed E-state index contributed by atoms with van der Waals surface area (Å²) in [4.78, 5) is 1.57. The molecule has 9 nitrogen and oxygen atoms in total. The minimum absolute atomic E-state index is 0. The fourth-order valence-electron chi connectivity index (χ4n) is 3.11. The zero-order valence-electron chi connectivity index (χ0n) is 19.6. The van der Waals surface area contributed by atoms with E-state index in [0.717, 1.165) is 16.7 Å². The predicted octanol–water partition coefficient (Wildman–Crippen LogP) is 1.52. The van der Waals surface area contributed by atoms with Gasteiger partial charge in [-0.1, -0.05) is 53.1 Å². The van der Waals surface area contributed by atoms with Crippen molar-refractivity contribution in [1.82, 2.24) is 14.0 Å². The van der Waals surface area contributed by atoms with Gasteiger partial charge in [0.05, 0.1) is 14.7 Å². The van der Waals surface area contributed by atoms with Crippen molar-refractivity contribution in [3.05, 3.63) is 89.5 Å². The molecule has 37 heavy (non-hydrogen) atoms. The Morgan fingerprint density at radius 3 is 1.27 bits per heavy atom. The quantitative estimate of drug-likeness (QED) is 0.223. The van der Waals surface area contributed by atoms with Gasteiger partial charge in [0, 0.05) is 0 Å². The van der Waals surface area contributed by atoms with E-state index in [9.17, 15) is 25.3 Å². The molecule has 0 aromatic heterocycles. The van der Waals surface area contributed by atoms with E-state index in [0.29, 0.717) is 4.41 Å². The normalized spacial score (nSPS) is 12.9. The van der Waals surface area contributed by atoms with Gasteiger partial charge in [-0.05, 0) is 64.1 Å². The summed E-state index contributed by atoms with van der Waals surface area (Å²) < 4.78 is 81.6. The predicted molar refractivity (Wildman–Crippen MR) is 147 cm³/mol. The summed E-state index contributed by atoms with van der Waals surface area (Å²) in [7, 11) is -13.1. The number of benzene rings is 3. The monoisotopic (exact) mass is 585 g/mol. The third-order valence-corrected chi connectivity index (χ3v) is 9.91. The van der Waals surface area contributed by atoms with Crippen LogP contribution in [0.2, 0.25) is 0 Å². The maximum absolute atomic E-state index is 13.5. The Bertz CT molecular complexity index is 1510. The van der Waals surface area contributed by atoms with Gasteiger partial charge in [-0.15, -0.1) is 9.25 Å². The van der Waals surface area contributed by atoms with Crippen LogP contribution in [0.1, 0.15) is 23.6 Å². The van der Waals surface area contributed by atoms with Crippen LogP contribution in [-0.2, 0) is 30.1 Å². The molecule has 0 aliphatic carbocycles. The van der Waals surface area contributed by atoms with Crippen molar-refractivity contribution in [3.8, 4) is 0 Å². The van der Waals surface area contributed by atoms with Gasteiger partial charge in [0.25, 0.3) is 20.0 Å². The average Bonchev–Trinajstić information content (AvgIpc) is 2.78. The Balaban J connectivity index is 0.00000342. The van der Waals surface area contributed by atoms with Crippen LogP contribution in [0.3, 0.4) is 0 Å². The maximum atomic E-state index is 13.5. The number of hydrazine groups is 1. The Hall–Kier alpha value is -0.610. The first kappa shape index (κ1) is 34.4. The molecule has 2 N–H and O–H groups in total. The topological polar surface area (TPSA) is 130 Å². The number of nitrogens with zero attached hydrogens (tertiary/aromatic N) is 1. The van der Waals surface area contributed by atoms with Crippen LogP contribution in [0.15, 0.2) is 87.5 Å². The Morgan fingerprint density at radius 1 is 0.568 bits per heavy atom. The fourth-order valence-corrected chi connectivity index (χ4v) is 7.22. The molecule has 0 heterocycles. The van der Waals surface area contributed by atoms with Gasteiger partial charge in [0.1, 0.15) is 6.17 Å². The van der Waals surface area contributed by atoms with Crippen LogP contribution in [-0.4, -0.2) is 94.9 Å². The fraction of sp³-hybridized carbons (Fsp3) is 0.217. The first-order valence-corrected chi connectivity index (χ1v) is 14.9. The van der Waals surface area contributed by atoms with Gasteiger partial charge in [0.2, 0.25) is 10.0 Å². The second-order valence-electron chi connectivity index (χ2n) is 8.13. The van der Waals surface area contributed by atoms with Crippen LogP contribution in [0.25, 0.3) is 0 Å². The first-order valence-electron chi connectivity index (χ1n) is 10.5. The van der Waals surface area contributed by atoms with Gasteiger partial charge < -0.3 is 0 Å². The van der Waals surface area contributed by atoms with E-state index < -0.39 is 36.2 Å². The minimum atomic E-state index is -4.51. The number of nitrogens with one attached hydrogen (secondary N) is 2. The summed E-state index contributed by atoms with van der Waals surface area (Å²) in [6, 6.07) is 17.5. The zero-order chi connectivity index (χ0) is 26.0. The molecular weight excluding hydrogens is 556 g/mol. The Kier molecular flexibility index (Phi) is 12.7. The molecule has 1 unspecified atom stereocenters. The molecule has 1 atom stereocenters. The molecule has 0 aliphatic heterocycles. The summed E-state index contributed by atoms with van der Waals surface area (Å²) in [6.07, 6.45) is -1.52. The molecule has 0 bridgehead atoms. The third-order valence-electron chi connectivity index (χ3n) is 5.13. The van der Waals surface area contributed by atoms with Crippen LogP contribution < -0.4 is 9.55 Å². The Morgan fingerprint density at radius 2 is 0.892 bits per heavy atom. The van der Waals surface area contributed by atoms with Crippen molar-refractivity contribution in [2.45, 2.75) is 48.5 Å². The number of hydrogen-bond donors (Lipinski definition) is 2. The van der Waals surface area contributed by atoms with E-state index in [1.54, 1.807) is 57.2 Å². The second-order valence-corrected chi connectivity index (χ2v) is 13.3. The summed E-state index contributed by atoms with van der Waals surface area (Å²) in [5, 5.41) is 0. The second kappa shape index (κ2) is 13.6. The standard InChI is InChI=1S/C23H27N3O6S3.2Na.2H/c1-17-5-11-21(12-6-17)33(27,28)24-20(4)26(35(31,32)23-15-9-19(3)10-16-23)25-34(29,30)22-13-7-18(2)8-14-22;;;;/h5-16,20,24-25H,1-4H3;;;;. The third kappa shape index (κ3) is 8.69. The van der Waals surface area contributed by atoms with Crippen LogP contribution in [0, 0.1) is 20.8 Å². The molecule has 0 spiro atoms. The van der Waals surface area contributed by atoms with Crippen molar-refractivity contribution in [2.24, 2.45) is 0 Å². The Labute approximate surface area is 263 Å². The van der Waals surface area contributed by atoms with E-state index >= 15 is 0 Å². The van der Waals surface area contributed by atoms with E-state index in [4.69, 9.17) is 0 Å². The molecule has 192 valence electrons. The summed E-state index contributed by atoms with van der Waals surface area (Å²) in [5.74, 6) is 0. The SMILES string of the molecule is Cc1ccc(S(=O)(=O)NC(C)N(NS(=O)(=O)c2ccc(C)cc2)S(=O)(=O)c2ccc(C)cc2)cc1.[NaH].[NaH].